The highest BCUT2D eigenvalue weighted by Gasteiger charge is 2.23. The number of anilines is 1. The summed E-state index contributed by atoms with van der Waals surface area (Å²) in [7, 11) is 0. The second-order valence-electron chi connectivity index (χ2n) is 7.16. The van der Waals surface area contributed by atoms with E-state index in [9.17, 15) is 4.79 Å². The molecule has 1 fully saturated rings. The van der Waals surface area contributed by atoms with Crippen molar-refractivity contribution in [2.24, 2.45) is 5.92 Å². The Kier molecular flexibility index (Phi) is 5.86. The number of nitrogens with one attached hydrogen (secondary N) is 1. The molecule has 0 saturated carbocycles. The number of carbonyl (C=O) groups excluding carboxylic acids is 1. The van der Waals surface area contributed by atoms with Gasteiger partial charge in [-0.25, -0.2) is 4.98 Å². The molecule has 28 heavy (non-hydrogen) atoms. The topological polar surface area (TPSA) is 50.2 Å². The average molecular weight is 395 g/mol. The summed E-state index contributed by atoms with van der Waals surface area (Å²) in [5.74, 6) is 0.991. The minimum Gasteiger partial charge on any atom is -0.371 e. The van der Waals surface area contributed by atoms with Crippen molar-refractivity contribution in [3.63, 3.8) is 0 Å². The first-order chi connectivity index (χ1) is 13.7. The van der Waals surface area contributed by atoms with Gasteiger partial charge in [0.15, 0.2) is 5.16 Å². The van der Waals surface area contributed by atoms with Gasteiger partial charge in [0.1, 0.15) is 0 Å². The fourth-order valence-electron chi connectivity index (χ4n) is 3.78. The maximum Gasteiger partial charge on any atom is 0.230 e. The Morgan fingerprint density at radius 3 is 2.79 bits per heavy atom. The molecule has 0 bridgehead atoms. The standard InChI is InChI=1S/C22H26N4OS/c1-2-26-20-11-7-6-10-19(20)24-22(26)28-16-21(27)23-14-17-12-13-25(15-17)18-8-4-3-5-9-18/h3-11,17H,2,12-16H2,1H3,(H,23,27). The number of fused-ring (bicyclic) bond motifs is 1. The predicted octanol–water partition coefficient (Wildman–Crippen LogP) is 3.79. The van der Waals surface area contributed by atoms with Gasteiger partial charge in [-0.05, 0) is 43.5 Å². The molecule has 1 unspecified atom stereocenters. The van der Waals surface area contributed by atoms with Crippen molar-refractivity contribution in [2.45, 2.75) is 25.0 Å². The monoisotopic (exact) mass is 394 g/mol. The summed E-state index contributed by atoms with van der Waals surface area (Å²) in [6.45, 7) is 5.76. The molecular weight excluding hydrogens is 368 g/mol. The van der Waals surface area contributed by atoms with E-state index in [4.69, 9.17) is 0 Å². The molecule has 4 rings (SSSR count). The van der Waals surface area contributed by atoms with Crippen molar-refractivity contribution >= 4 is 34.4 Å². The molecule has 1 aromatic heterocycles. The van der Waals surface area contributed by atoms with Crippen LogP contribution in [-0.4, -0.2) is 40.8 Å². The van der Waals surface area contributed by atoms with E-state index < -0.39 is 0 Å². The summed E-state index contributed by atoms with van der Waals surface area (Å²) in [5, 5.41) is 4.03. The highest BCUT2D eigenvalue weighted by molar-refractivity contribution is 7.99. The highest BCUT2D eigenvalue weighted by atomic mass is 32.2. The molecule has 146 valence electrons. The number of carbonyl (C=O) groups is 1. The van der Waals surface area contributed by atoms with Gasteiger partial charge in [-0.1, -0.05) is 42.1 Å². The first-order valence-corrected chi connectivity index (χ1v) is 10.9. The van der Waals surface area contributed by atoms with Crippen LogP contribution in [0.25, 0.3) is 11.0 Å². The van der Waals surface area contributed by atoms with Gasteiger partial charge in [-0.15, -0.1) is 0 Å². The van der Waals surface area contributed by atoms with Crippen LogP contribution in [0.15, 0.2) is 59.8 Å². The zero-order valence-corrected chi connectivity index (χ0v) is 17.0. The van der Waals surface area contributed by atoms with E-state index in [0.717, 1.165) is 48.8 Å². The number of thioether (sulfide) groups is 1. The smallest absolute Gasteiger partial charge is 0.230 e. The molecule has 1 aliphatic rings. The van der Waals surface area contributed by atoms with Gasteiger partial charge in [0, 0.05) is 31.9 Å². The van der Waals surface area contributed by atoms with E-state index in [-0.39, 0.29) is 5.91 Å². The largest absolute Gasteiger partial charge is 0.371 e. The van der Waals surface area contributed by atoms with Gasteiger partial charge in [-0.3, -0.25) is 4.79 Å². The highest BCUT2D eigenvalue weighted by Crippen LogP contribution is 2.25. The first kappa shape index (κ1) is 18.9. The third-order valence-electron chi connectivity index (χ3n) is 5.26. The Labute approximate surface area is 170 Å². The van der Waals surface area contributed by atoms with Crippen LogP contribution in [0.1, 0.15) is 13.3 Å². The Morgan fingerprint density at radius 1 is 1.18 bits per heavy atom. The molecule has 0 spiro atoms. The molecule has 0 radical (unpaired) electrons. The Bertz CT molecular complexity index is 940. The molecule has 1 atom stereocenters. The zero-order chi connectivity index (χ0) is 19.3. The molecular formula is C22H26N4OS. The second kappa shape index (κ2) is 8.69. The average Bonchev–Trinajstić information content (AvgIpc) is 3.35. The number of hydrogen-bond acceptors (Lipinski definition) is 4. The number of benzene rings is 2. The van der Waals surface area contributed by atoms with Crippen LogP contribution < -0.4 is 10.2 Å². The van der Waals surface area contributed by atoms with E-state index in [1.165, 1.54) is 17.4 Å². The third-order valence-corrected chi connectivity index (χ3v) is 6.24. The number of amides is 1. The van der Waals surface area contributed by atoms with Crippen molar-refractivity contribution in [2.75, 3.05) is 30.3 Å². The number of rotatable bonds is 7. The normalized spacial score (nSPS) is 16.6. The molecule has 1 saturated heterocycles. The predicted molar refractivity (Wildman–Crippen MR) is 116 cm³/mol. The van der Waals surface area contributed by atoms with Crippen LogP contribution in [0.4, 0.5) is 5.69 Å². The lowest BCUT2D eigenvalue weighted by atomic mass is 10.1. The molecule has 6 heteroatoms. The number of nitrogens with zero attached hydrogens (tertiary/aromatic N) is 3. The van der Waals surface area contributed by atoms with E-state index in [1.807, 2.05) is 24.3 Å². The number of imidazole rings is 1. The van der Waals surface area contributed by atoms with Crippen molar-refractivity contribution in [3.8, 4) is 0 Å². The van der Waals surface area contributed by atoms with E-state index in [2.05, 4.69) is 57.0 Å². The molecule has 2 aromatic carbocycles. The minimum absolute atomic E-state index is 0.0814. The van der Waals surface area contributed by atoms with Gasteiger partial charge < -0.3 is 14.8 Å². The third kappa shape index (κ3) is 4.17. The second-order valence-corrected chi connectivity index (χ2v) is 8.10. The van der Waals surface area contributed by atoms with Crippen LogP contribution in [0.3, 0.4) is 0 Å². The van der Waals surface area contributed by atoms with Crippen LogP contribution in [-0.2, 0) is 11.3 Å². The fraction of sp³-hybridized carbons (Fsp3) is 0.364. The molecule has 2 heterocycles. The van der Waals surface area contributed by atoms with Gasteiger partial charge in [0.05, 0.1) is 16.8 Å². The molecule has 1 N–H and O–H groups in total. The maximum atomic E-state index is 12.4. The molecule has 3 aromatic rings. The maximum absolute atomic E-state index is 12.4. The number of aryl methyl sites for hydroxylation is 1. The van der Waals surface area contributed by atoms with Crippen LogP contribution in [0, 0.1) is 5.92 Å². The summed E-state index contributed by atoms with van der Waals surface area (Å²) in [6.07, 6.45) is 1.12. The SMILES string of the molecule is CCn1c(SCC(=O)NCC2CCN(c3ccccc3)C2)nc2ccccc21. The first-order valence-electron chi connectivity index (χ1n) is 9.89. The lowest BCUT2D eigenvalue weighted by molar-refractivity contribution is -0.118. The quantitative estimate of drug-likeness (QED) is 0.620. The van der Waals surface area contributed by atoms with Gasteiger partial charge in [0.2, 0.25) is 5.91 Å². The lowest BCUT2D eigenvalue weighted by Gasteiger charge is -2.18. The lowest BCUT2D eigenvalue weighted by Crippen LogP contribution is -2.32. The number of hydrogen-bond donors (Lipinski definition) is 1. The summed E-state index contributed by atoms with van der Waals surface area (Å²) in [4.78, 5) is 19.4. The minimum atomic E-state index is 0.0814. The molecule has 1 aliphatic heterocycles. The van der Waals surface area contributed by atoms with Crippen LogP contribution >= 0.6 is 11.8 Å². The van der Waals surface area contributed by atoms with Crippen molar-refractivity contribution in [1.29, 1.82) is 0 Å². The van der Waals surface area contributed by atoms with Crippen molar-refractivity contribution in [1.82, 2.24) is 14.9 Å². The summed E-state index contributed by atoms with van der Waals surface area (Å²) >= 11 is 1.51. The van der Waals surface area contributed by atoms with Crippen LogP contribution in [0.2, 0.25) is 0 Å². The Hall–Kier alpha value is -2.47. The van der Waals surface area contributed by atoms with Gasteiger partial charge >= 0.3 is 0 Å². The Morgan fingerprint density at radius 2 is 1.96 bits per heavy atom. The van der Waals surface area contributed by atoms with Crippen LogP contribution in [0.5, 0.6) is 0 Å². The molecule has 1 amide bonds. The zero-order valence-electron chi connectivity index (χ0n) is 16.2. The molecule has 0 aliphatic carbocycles. The van der Waals surface area contributed by atoms with Crippen molar-refractivity contribution in [3.05, 3.63) is 54.6 Å². The van der Waals surface area contributed by atoms with E-state index >= 15 is 0 Å². The Balaban J connectivity index is 1.27. The summed E-state index contributed by atoms with van der Waals surface area (Å²) < 4.78 is 2.17. The van der Waals surface area contributed by atoms with E-state index in [1.54, 1.807) is 0 Å². The number of aromatic nitrogens is 2. The fourth-order valence-corrected chi connectivity index (χ4v) is 4.69. The summed E-state index contributed by atoms with van der Waals surface area (Å²) in [6, 6.07) is 18.6. The number of para-hydroxylation sites is 3. The summed E-state index contributed by atoms with van der Waals surface area (Å²) in [5.41, 5.74) is 3.38. The van der Waals surface area contributed by atoms with Gasteiger partial charge in [0.25, 0.3) is 0 Å². The van der Waals surface area contributed by atoms with E-state index in [0.29, 0.717) is 11.7 Å². The molecule has 5 nitrogen and oxygen atoms in total. The van der Waals surface area contributed by atoms with Gasteiger partial charge in [-0.2, -0.15) is 0 Å². The van der Waals surface area contributed by atoms with Crippen molar-refractivity contribution < 1.29 is 4.79 Å².